The maximum absolute atomic E-state index is 6.22. The molecule has 0 N–H and O–H groups in total. The van der Waals surface area contributed by atoms with Gasteiger partial charge in [-0.1, -0.05) is 51.5 Å². The van der Waals surface area contributed by atoms with E-state index < -0.39 is 0 Å². The Morgan fingerprint density at radius 2 is 1.73 bits per heavy atom. The molecule has 0 radical (unpaired) electrons. The second kappa shape index (κ2) is 5.09. The number of allylic oxidation sites excluding steroid dienone is 2. The monoisotopic (exact) mass is 206 g/mol. The van der Waals surface area contributed by atoms with Crippen molar-refractivity contribution < 1.29 is 4.65 Å². The lowest BCUT2D eigenvalue weighted by Gasteiger charge is -2.39. The summed E-state index contributed by atoms with van der Waals surface area (Å²) < 4.78 is 6.22. The molecule has 0 amide bonds. The molecule has 0 aromatic heterocycles. The van der Waals surface area contributed by atoms with Crippen molar-refractivity contribution in [1.29, 1.82) is 0 Å². The van der Waals surface area contributed by atoms with Crippen LogP contribution in [-0.4, -0.2) is 6.92 Å². The molecule has 2 heterocycles. The maximum atomic E-state index is 6.22. The van der Waals surface area contributed by atoms with Crippen molar-refractivity contribution in [3.8, 4) is 0 Å². The summed E-state index contributed by atoms with van der Waals surface area (Å²) in [4.78, 5) is 0. The summed E-state index contributed by atoms with van der Waals surface area (Å²) in [5.41, 5.74) is 0. The van der Waals surface area contributed by atoms with Gasteiger partial charge in [-0.25, -0.2) is 0 Å². The molecular weight excluding hydrogens is 183 g/mol. The lowest BCUT2D eigenvalue weighted by atomic mass is 9.38. The maximum Gasteiger partial charge on any atom is 0.363 e. The average Bonchev–Trinajstić information content (AvgIpc) is 2.25. The molecule has 0 aromatic carbocycles. The van der Waals surface area contributed by atoms with Crippen LogP contribution in [0.1, 0.15) is 58.8 Å². The van der Waals surface area contributed by atoms with Gasteiger partial charge in [-0.3, -0.25) is 0 Å². The number of hydrogen-bond acceptors (Lipinski definition) is 1. The van der Waals surface area contributed by atoms with Gasteiger partial charge in [0.15, 0.2) is 0 Å². The zero-order valence-corrected chi connectivity index (χ0v) is 10.2. The fourth-order valence-corrected chi connectivity index (χ4v) is 3.34. The first-order valence-corrected chi connectivity index (χ1v) is 6.67. The molecule has 2 rings (SSSR count). The van der Waals surface area contributed by atoms with Crippen molar-refractivity contribution in [3.05, 3.63) is 11.8 Å². The van der Waals surface area contributed by atoms with E-state index in [-0.39, 0.29) is 0 Å². The highest BCUT2D eigenvalue weighted by atomic mass is 16.4. The second-order valence-corrected chi connectivity index (χ2v) is 5.07. The molecule has 2 fully saturated rings. The third-order valence-corrected chi connectivity index (χ3v) is 4.19. The molecule has 2 heteroatoms. The van der Waals surface area contributed by atoms with Gasteiger partial charge in [-0.15, -0.1) is 0 Å². The van der Waals surface area contributed by atoms with Gasteiger partial charge in [0.25, 0.3) is 0 Å². The van der Waals surface area contributed by atoms with E-state index in [1.54, 1.807) is 0 Å². The summed E-state index contributed by atoms with van der Waals surface area (Å²) >= 11 is 0. The average molecular weight is 206 g/mol. The minimum Gasteiger partial charge on any atom is -0.563 e. The van der Waals surface area contributed by atoms with Crippen LogP contribution in [0.25, 0.3) is 0 Å². The first kappa shape index (κ1) is 11.1. The molecule has 2 saturated heterocycles. The molecule has 84 valence electrons. The molecule has 0 spiro atoms. The van der Waals surface area contributed by atoms with E-state index in [1.807, 2.05) is 0 Å². The predicted octanol–water partition coefficient (Wildman–Crippen LogP) is 4.42. The largest absolute Gasteiger partial charge is 0.563 e. The molecule has 0 aliphatic carbocycles. The van der Waals surface area contributed by atoms with Crippen LogP contribution >= 0.6 is 0 Å². The van der Waals surface area contributed by atoms with Crippen LogP contribution in [0.2, 0.25) is 11.6 Å². The van der Waals surface area contributed by atoms with Crippen LogP contribution in [0.15, 0.2) is 11.8 Å². The Morgan fingerprint density at radius 3 is 2.13 bits per heavy atom. The van der Waals surface area contributed by atoms with Gasteiger partial charge in [0.1, 0.15) is 0 Å². The van der Waals surface area contributed by atoms with Crippen molar-refractivity contribution in [2.75, 3.05) is 0 Å². The molecule has 0 saturated carbocycles. The Balaban J connectivity index is 2.00. The minimum absolute atomic E-state index is 0.554. The summed E-state index contributed by atoms with van der Waals surface area (Å²) in [6.45, 7) is 4.84. The van der Waals surface area contributed by atoms with Gasteiger partial charge in [-0.2, -0.15) is 0 Å². The predicted molar refractivity (Wildman–Crippen MR) is 66.1 cm³/mol. The van der Waals surface area contributed by atoms with Gasteiger partial charge in [0, 0.05) is 0 Å². The molecule has 0 aromatic rings. The zero-order chi connectivity index (χ0) is 10.7. The van der Waals surface area contributed by atoms with Crippen molar-refractivity contribution in [1.82, 2.24) is 0 Å². The molecule has 0 atom stereocenters. The van der Waals surface area contributed by atoms with Gasteiger partial charge in [0.05, 0.1) is 5.76 Å². The van der Waals surface area contributed by atoms with E-state index in [4.69, 9.17) is 4.65 Å². The fraction of sp³-hybridized carbons (Fsp3) is 0.846. The highest BCUT2D eigenvalue weighted by Crippen LogP contribution is 2.47. The van der Waals surface area contributed by atoms with Crippen LogP contribution in [0, 0.1) is 0 Å². The van der Waals surface area contributed by atoms with E-state index in [0.717, 1.165) is 18.1 Å². The zero-order valence-electron chi connectivity index (χ0n) is 10.2. The van der Waals surface area contributed by atoms with E-state index in [9.17, 15) is 0 Å². The normalized spacial score (nSPS) is 31.6. The third-order valence-electron chi connectivity index (χ3n) is 4.19. The van der Waals surface area contributed by atoms with Gasteiger partial charge >= 0.3 is 6.92 Å². The molecule has 1 nitrogen and oxygen atoms in total. The quantitative estimate of drug-likeness (QED) is 0.490. The SMILES string of the molecule is C/C=C(/CC)OB1C2CCCC1CCC2. The van der Waals surface area contributed by atoms with Crippen molar-refractivity contribution in [2.45, 2.75) is 70.4 Å². The number of fused-ring (bicyclic) bond motifs is 2. The lowest BCUT2D eigenvalue weighted by Crippen LogP contribution is -2.37. The Labute approximate surface area is 94.4 Å². The first-order chi connectivity index (χ1) is 7.35. The topological polar surface area (TPSA) is 9.23 Å². The van der Waals surface area contributed by atoms with Crippen LogP contribution in [0.4, 0.5) is 0 Å². The Kier molecular flexibility index (Phi) is 3.77. The van der Waals surface area contributed by atoms with Crippen LogP contribution < -0.4 is 0 Å². The molecular formula is C13H23BO. The van der Waals surface area contributed by atoms with E-state index in [1.165, 1.54) is 44.3 Å². The van der Waals surface area contributed by atoms with Crippen LogP contribution in [-0.2, 0) is 4.65 Å². The summed E-state index contributed by atoms with van der Waals surface area (Å²) in [5.74, 6) is 2.93. The Bertz CT molecular complexity index is 215. The first-order valence-electron chi connectivity index (χ1n) is 6.67. The van der Waals surface area contributed by atoms with Gasteiger partial charge in [-0.05, 0) is 25.0 Å². The minimum atomic E-state index is 0.554. The molecule has 15 heavy (non-hydrogen) atoms. The molecule has 2 aliphatic heterocycles. The van der Waals surface area contributed by atoms with Crippen LogP contribution in [0.5, 0.6) is 0 Å². The summed E-state index contributed by atoms with van der Waals surface area (Å²) in [6, 6.07) is 0. The lowest BCUT2D eigenvalue weighted by molar-refractivity contribution is 0.325. The Hall–Kier alpha value is -0.395. The third kappa shape index (κ3) is 2.40. The van der Waals surface area contributed by atoms with Gasteiger partial charge in [0.2, 0.25) is 0 Å². The Morgan fingerprint density at radius 1 is 1.20 bits per heavy atom. The van der Waals surface area contributed by atoms with Crippen molar-refractivity contribution in [3.63, 3.8) is 0 Å². The van der Waals surface area contributed by atoms with E-state index >= 15 is 0 Å². The summed E-state index contributed by atoms with van der Waals surface area (Å²) in [7, 11) is 0. The summed E-state index contributed by atoms with van der Waals surface area (Å²) in [6.07, 6.45) is 11.7. The summed E-state index contributed by atoms with van der Waals surface area (Å²) in [5, 5.41) is 0. The highest BCUT2D eigenvalue weighted by Gasteiger charge is 2.42. The molecule has 0 unspecified atom stereocenters. The van der Waals surface area contributed by atoms with Gasteiger partial charge < -0.3 is 4.65 Å². The van der Waals surface area contributed by atoms with E-state index in [0.29, 0.717) is 6.92 Å². The highest BCUT2D eigenvalue weighted by molar-refractivity contribution is 6.56. The fourth-order valence-electron chi connectivity index (χ4n) is 3.34. The van der Waals surface area contributed by atoms with Crippen LogP contribution in [0.3, 0.4) is 0 Å². The molecule has 2 bridgehead atoms. The number of rotatable bonds is 3. The van der Waals surface area contributed by atoms with Crippen molar-refractivity contribution >= 4 is 6.92 Å². The second-order valence-electron chi connectivity index (χ2n) is 5.07. The smallest absolute Gasteiger partial charge is 0.363 e. The number of hydrogen-bond donors (Lipinski definition) is 0. The standard InChI is InChI=1S/C13H23BO/c1-3-13(4-2)15-14-11-7-5-8-12(14)10-6-9-11/h3,11-12H,4-10H2,1-2H3/b13-3-. The molecule has 2 aliphatic rings. The van der Waals surface area contributed by atoms with E-state index in [2.05, 4.69) is 19.9 Å². The van der Waals surface area contributed by atoms with Crippen molar-refractivity contribution in [2.24, 2.45) is 0 Å².